The maximum absolute atomic E-state index is 6.67. The summed E-state index contributed by atoms with van der Waals surface area (Å²) in [5.74, 6) is 2.47. The predicted octanol–water partition coefficient (Wildman–Crippen LogP) is 11.0. The summed E-state index contributed by atoms with van der Waals surface area (Å²) in [7, 11) is 0. The fourth-order valence-electron chi connectivity index (χ4n) is 6.99. The molecular formula is C42H42N4O. The first-order chi connectivity index (χ1) is 22.9. The summed E-state index contributed by atoms with van der Waals surface area (Å²) in [5, 5.41) is 7.63. The minimum absolute atomic E-state index is 0.780. The van der Waals surface area contributed by atoms with Crippen LogP contribution in [0, 0.1) is 27.7 Å². The van der Waals surface area contributed by atoms with Crippen molar-refractivity contribution >= 4 is 21.8 Å². The highest BCUT2D eigenvalue weighted by Gasteiger charge is 2.22. The molecule has 0 saturated carbocycles. The van der Waals surface area contributed by atoms with Gasteiger partial charge in [0, 0.05) is 34.7 Å². The van der Waals surface area contributed by atoms with Crippen molar-refractivity contribution in [2.24, 2.45) is 0 Å². The number of aryl methyl sites for hydroxylation is 5. The van der Waals surface area contributed by atoms with Crippen LogP contribution in [-0.2, 0) is 12.8 Å². The monoisotopic (exact) mass is 618 g/mol. The molecule has 0 N–H and O–H groups in total. The average Bonchev–Trinajstić information content (AvgIpc) is 3.58. The summed E-state index contributed by atoms with van der Waals surface area (Å²) in [5.41, 5.74) is 13.1. The maximum Gasteiger partial charge on any atom is 0.137 e. The molecule has 0 radical (unpaired) electrons. The standard InChI is InChI=1S/C42H42N4O/c1-7-9-16-38-42(41-29(5)13-12-14-30(41)6)36(8-2)44-46(38)31-22-28(4)23-33(25-31)47-32-18-19-35-34-15-10-11-17-37(34)45(39(35)26-32)40-24-27(3)20-21-43-40/h10-15,17-26H,7-9,16H2,1-6H3. The second kappa shape index (κ2) is 12.6. The van der Waals surface area contributed by atoms with Crippen LogP contribution in [0.1, 0.15) is 60.3 Å². The molecule has 3 aromatic heterocycles. The van der Waals surface area contributed by atoms with Crippen LogP contribution >= 0.6 is 0 Å². The van der Waals surface area contributed by atoms with Crippen molar-refractivity contribution in [2.75, 3.05) is 0 Å². The molecule has 236 valence electrons. The Bertz CT molecular complexity index is 2230. The Morgan fingerprint density at radius 3 is 2.23 bits per heavy atom. The normalized spacial score (nSPS) is 11.5. The average molecular weight is 619 g/mol. The molecule has 5 heteroatoms. The van der Waals surface area contributed by atoms with Crippen LogP contribution in [0.15, 0.2) is 97.2 Å². The van der Waals surface area contributed by atoms with Crippen LogP contribution in [0.3, 0.4) is 0 Å². The van der Waals surface area contributed by atoms with Crippen LogP contribution in [0.5, 0.6) is 11.5 Å². The molecule has 5 nitrogen and oxygen atoms in total. The summed E-state index contributed by atoms with van der Waals surface area (Å²) in [4.78, 5) is 4.74. The van der Waals surface area contributed by atoms with Gasteiger partial charge in [0.25, 0.3) is 0 Å². The number of aromatic nitrogens is 4. The summed E-state index contributed by atoms with van der Waals surface area (Å²) >= 11 is 0. The van der Waals surface area contributed by atoms with Crippen LogP contribution in [-0.4, -0.2) is 19.3 Å². The second-order valence-corrected chi connectivity index (χ2v) is 12.7. The zero-order chi connectivity index (χ0) is 32.7. The lowest BCUT2D eigenvalue weighted by Gasteiger charge is -2.15. The van der Waals surface area contributed by atoms with Gasteiger partial charge in [0.05, 0.1) is 28.1 Å². The van der Waals surface area contributed by atoms with Crippen LogP contribution in [0.4, 0.5) is 0 Å². The molecule has 0 saturated heterocycles. The molecule has 7 aromatic rings. The number of rotatable bonds is 9. The van der Waals surface area contributed by atoms with Crippen molar-refractivity contribution in [3.8, 4) is 34.1 Å². The molecule has 0 aliphatic heterocycles. The van der Waals surface area contributed by atoms with Crippen molar-refractivity contribution in [1.82, 2.24) is 19.3 Å². The molecule has 0 fully saturated rings. The Hall–Kier alpha value is -5.16. The number of para-hydroxylation sites is 1. The lowest BCUT2D eigenvalue weighted by atomic mass is 9.92. The summed E-state index contributed by atoms with van der Waals surface area (Å²) in [6.07, 6.45) is 5.93. The SMILES string of the molecule is CCCCc1c(-c2c(C)cccc2C)c(CC)nn1-c1cc(C)cc(Oc2ccc3c4ccccc4n(-c4cc(C)ccn4)c3c2)c1. The highest BCUT2D eigenvalue weighted by Crippen LogP contribution is 2.38. The maximum atomic E-state index is 6.67. The molecule has 47 heavy (non-hydrogen) atoms. The smallest absolute Gasteiger partial charge is 0.137 e. The topological polar surface area (TPSA) is 44.9 Å². The van der Waals surface area contributed by atoms with E-state index in [0.29, 0.717) is 0 Å². The molecule has 0 unspecified atom stereocenters. The number of benzene rings is 4. The van der Waals surface area contributed by atoms with E-state index in [1.165, 1.54) is 44.3 Å². The number of pyridine rings is 1. The van der Waals surface area contributed by atoms with Gasteiger partial charge in [-0.2, -0.15) is 5.10 Å². The zero-order valence-electron chi connectivity index (χ0n) is 28.3. The number of fused-ring (bicyclic) bond motifs is 3. The molecule has 0 bridgehead atoms. The minimum Gasteiger partial charge on any atom is -0.457 e. The van der Waals surface area contributed by atoms with E-state index in [1.807, 2.05) is 12.3 Å². The van der Waals surface area contributed by atoms with Crippen molar-refractivity contribution in [3.63, 3.8) is 0 Å². The molecule has 7 rings (SSSR count). The molecule has 0 spiro atoms. The molecule has 4 aromatic carbocycles. The fraction of sp³-hybridized carbons (Fsp3) is 0.238. The van der Waals surface area contributed by atoms with Crippen molar-refractivity contribution < 1.29 is 4.74 Å². The molecule has 0 amide bonds. The Labute approximate surface area is 277 Å². The van der Waals surface area contributed by atoms with Crippen molar-refractivity contribution in [3.05, 3.63) is 131 Å². The van der Waals surface area contributed by atoms with Gasteiger partial charge in [-0.1, -0.05) is 56.7 Å². The highest BCUT2D eigenvalue weighted by atomic mass is 16.5. The lowest BCUT2D eigenvalue weighted by molar-refractivity contribution is 0.482. The number of hydrogen-bond acceptors (Lipinski definition) is 3. The number of unbranched alkanes of at least 4 members (excludes halogenated alkanes) is 1. The van der Waals surface area contributed by atoms with Crippen LogP contribution in [0.2, 0.25) is 0 Å². The third kappa shape index (κ3) is 5.61. The van der Waals surface area contributed by atoms with E-state index >= 15 is 0 Å². The number of nitrogens with zero attached hydrogens (tertiary/aromatic N) is 4. The Kier molecular flexibility index (Phi) is 8.15. The fourth-order valence-corrected chi connectivity index (χ4v) is 6.99. The van der Waals surface area contributed by atoms with Gasteiger partial charge in [-0.15, -0.1) is 0 Å². The third-order valence-corrected chi connectivity index (χ3v) is 9.18. The van der Waals surface area contributed by atoms with Gasteiger partial charge in [-0.3, -0.25) is 4.57 Å². The summed E-state index contributed by atoms with van der Waals surface area (Å²) < 4.78 is 11.1. The van der Waals surface area contributed by atoms with Gasteiger partial charge >= 0.3 is 0 Å². The van der Waals surface area contributed by atoms with Gasteiger partial charge in [-0.05, 0) is 117 Å². The van der Waals surface area contributed by atoms with Crippen molar-refractivity contribution in [2.45, 2.75) is 67.2 Å². The summed E-state index contributed by atoms with van der Waals surface area (Å²) in [6, 6.07) is 32.1. The van der Waals surface area contributed by atoms with Crippen LogP contribution < -0.4 is 4.74 Å². The van der Waals surface area contributed by atoms with Crippen molar-refractivity contribution in [1.29, 1.82) is 0 Å². The van der Waals surface area contributed by atoms with Crippen LogP contribution in [0.25, 0.3) is 44.4 Å². The van der Waals surface area contributed by atoms with Gasteiger partial charge in [-0.25, -0.2) is 9.67 Å². The van der Waals surface area contributed by atoms with E-state index < -0.39 is 0 Å². The van der Waals surface area contributed by atoms with E-state index in [4.69, 9.17) is 14.8 Å². The molecule has 0 aliphatic rings. The quantitative estimate of drug-likeness (QED) is 0.162. The minimum atomic E-state index is 0.780. The third-order valence-electron chi connectivity index (χ3n) is 9.18. The zero-order valence-corrected chi connectivity index (χ0v) is 28.3. The summed E-state index contributed by atoms with van der Waals surface area (Å²) in [6.45, 7) is 13.1. The second-order valence-electron chi connectivity index (χ2n) is 12.7. The highest BCUT2D eigenvalue weighted by molar-refractivity contribution is 6.09. The van der Waals surface area contributed by atoms with Gasteiger partial charge in [0.1, 0.15) is 17.3 Å². The largest absolute Gasteiger partial charge is 0.457 e. The van der Waals surface area contributed by atoms with E-state index in [1.54, 1.807) is 0 Å². The number of hydrogen-bond donors (Lipinski definition) is 0. The first kappa shape index (κ1) is 30.5. The Balaban J connectivity index is 1.34. The molecule has 3 heterocycles. The van der Waals surface area contributed by atoms with E-state index in [2.05, 4.69) is 136 Å². The van der Waals surface area contributed by atoms with E-state index in [0.717, 1.165) is 71.0 Å². The molecule has 0 atom stereocenters. The molecular weight excluding hydrogens is 576 g/mol. The number of ether oxygens (including phenoxy) is 1. The molecule has 0 aliphatic carbocycles. The van der Waals surface area contributed by atoms with E-state index in [9.17, 15) is 0 Å². The van der Waals surface area contributed by atoms with Gasteiger partial charge in [0.15, 0.2) is 0 Å². The first-order valence-electron chi connectivity index (χ1n) is 16.8. The first-order valence-corrected chi connectivity index (χ1v) is 16.8. The lowest BCUT2D eigenvalue weighted by Crippen LogP contribution is -2.04. The van der Waals surface area contributed by atoms with E-state index in [-0.39, 0.29) is 0 Å². The Morgan fingerprint density at radius 1 is 0.681 bits per heavy atom. The Morgan fingerprint density at radius 2 is 1.47 bits per heavy atom. The van der Waals surface area contributed by atoms with Gasteiger partial charge in [0.2, 0.25) is 0 Å². The predicted molar refractivity (Wildman–Crippen MR) is 195 cm³/mol. The van der Waals surface area contributed by atoms with Gasteiger partial charge < -0.3 is 4.74 Å².